The molecule has 0 radical (unpaired) electrons. The molecular weight excluding hydrogens is 666 g/mol. The van der Waals surface area contributed by atoms with Crippen LogP contribution in [0.15, 0.2) is 79.0 Å². The minimum absolute atomic E-state index is 0.0276. The van der Waals surface area contributed by atoms with Gasteiger partial charge in [0.2, 0.25) is 17.7 Å². The fraction of sp³-hybridized carbons (Fsp3) is 0.400. The van der Waals surface area contributed by atoms with Crippen LogP contribution in [0.5, 0.6) is 5.75 Å². The molecule has 11 heteroatoms. The van der Waals surface area contributed by atoms with Gasteiger partial charge in [-0.3, -0.25) is 19.2 Å². The number of fused-ring (bicyclic) bond motifs is 2. The van der Waals surface area contributed by atoms with Crippen molar-refractivity contribution in [2.75, 3.05) is 39.8 Å². The molecule has 3 aromatic carbocycles. The summed E-state index contributed by atoms with van der Waals surface area (Å²) in [6.45, 7) is 7.43. The van der Waals surface area contributed by atoms with Gasteiger partial charge in [0.1, 0.15) is 5.75 Å². The molecular formula is C40H48ClN5O5. The molecule has 3 N–H and O–H groups in total. The van der Waals surface area contributed by atoms with Crippen LogP contribution >= 0.6 is 11.6 Å². The molecule has 3 heterocycles. The van der Waals surface area contributed by atoms with Crippen LogP contribution in [-0.2, 0) is 27.2 Å². The molecule has 0 bridgehead atoms. The van der Waals surface area contributed by atoms with Crippen molar-refractivity contribution in [3.05, 3.63) is 101 Å². The number of carbonyl (C=O) groups excluding carboxylic acids is 4. The van der Waals surface area contributed by atoms with Crippen molar-refractivity contribution in [3.63, 3.8) is 0 Å². The molecule has 2 saturated heterocycles. The van der Waals surface area contributed by atoms with E-state index in [0.717, 1.165) is 16.5 Å². The van der Waals surface area contributed by atoms with E-state index in [9.17, 15) is 19.2 Å². The third kappa shape index (κ3) is 9.70. The van der Waals surface area contributed by atoms with Crippen LogP contribution in [0.2, 0.25) is 5.02 Å². The lowest BCUT2D eigenvalue weighted by Gasteiger charge is -2.39. The summed E-state index contributed by atoms with van der Waals surface area (Å²) in [7, 11) is 1.51. The monoisotopic (exact) mass is 713 g/mol. The first-order valence-electron chi connectivity index (χ1n) is 17.7. The van der Waals surface area contributed by atoms with Crippen molar-refractivity contribution >= 4 is 46.1 Å². The maximum Gasteiger partial charge on any atom is 0.253 e. The predicted octanol–water partition coefficient (Wildman–Crippen LogP) is 5.50. The molecule has 1 aromatic heterocycles. The number of aromatic nitrogens is 1. The smallest absolute Gasteiger partial charge is 0.253 e. The average molecular weight is 714 g/mol. The number of likely N-dealkylation sites (tertiary alicyclic amines) is 2. The number of piperidine rings is 1. The van der Waals surface area contributed by atoms with E-state index in [1.165, 1.54) is 25.5 Å². The summed E-state index contributed by atoms with van der Waals surface area (Å²) in [5.74, 6) is -0.905. The summed E-state index contributed by atoms with van der Waals surface area (Å²) in [6.07, 6.45) is 4.45. The lowest BCUT2D eigenvalue weighted by Crippen LogP contribution is -2.54. The Morgan fingerprint density at radius 2 is 1.67 bits per heavy atom. The van der Waals surface area contributed by atoms with Crippen LogP contribution in [0.4, 0.5) is 0 Å². The van der Waals surface area contributed by atoms with Gasteiger partial charge in [-0.1, -0.05) is 61.3 Å². The number of amides is 4. The second kappa shape index (κ2) is 17.4. The number of likely N-dealkylation sites (N-methyl/N-ethyl adjacent to an activating group) is 1. The van der Waals surface area contributed by atoms with E-state index in [1.54, 1.807) is 40.1 Å². The summed E-state index contributed by atoms with van der Waals surface area (Å²) in [6, 6.07) is 23.1. The van der Waals surface area contributed by atoms with Crippen LogP contribution in [0.25, 0.3) is 10.9 Å². The van der Waals surface area contributed by atoms with Crippen molar-refractivity contribution < 1.29 is 23.9 Å². The SMILES string of the molecule is CCCc1ccccc1.CNC(=O)CNC(=O)C1CN(C(=O)Cc2c[nH]c3cc(Cl)ccc23)CC2CN(C(=O)c3ccc(OC(C)C)cc3)CC21. The van der Waals surface area contributed by atoms with Gasteiger partial charge in [0.25, 0.3) is 5.91 Å². The summed E-state index contributed by atoms with van der Waals surface area (Å²) >= 11 is 6.11. The molecule has 51 heavy (non-hydrogen) atoms. The van der Waals surface area contributed by atoms with E-state index < -0.39 is 5.92 Å². The highest BCUT2D eigenvalue weighted by Crippen LogP contribution is 2.37. The molecule has 0 aliphatic carbocycles. The Hall–Kier alpha value is -4.83. The van der Waals surface area contributed by atoms with Crippen molar-refractivity contribution in [2.24, 2.45) is 17.8 Å². The van der Waals surface area contributed by atoms with Gasteiger partial charge in [0, 0.05) is 60.9 Å². The zero-order valence-electron chi connectivity index (χ0n) is 29.8. The molecule has 2 aliphatic heterocycles. The number of ether oxygens (including phenoxy) is 1. The number of nitrogens with zero attached hydrogens (tertiary/aromatic N) is 2. The van der Waals surface area contributed by atoms with Gasteiger partial charge in [0.05, 0.1) is 25.0 Å². The Kier molecular flexibility index (Phi) is 12.8. The molecule has 2 fully saturated rings. The van der Waals surface area contributed by atoms with Gasteiger partial charge < -0.3 is 30.2 Å². The van der Waals surface area contributed by atoms with E-state index in [2.05, 4.69) is 52.9 Å². The number of hydrogen-bond donors (Lipinski definition) is 3. The van der Waals surface area contributed by atoms with Crippen LogP contribution in [-0.4, -0.2) is 84.3 Å². The molecule has 0 spiro atoms. The van der Waals surface area contributed by atoms with E-state index in [-0.39, 0.29) is 61.1 Å². The zero-order valence-corrected chi connectivity index (χ0v) is 30.5. The van der Waals surface area contributed by atoms with Gasteiger partial charge >= 0.3 is 0 Å². The standard InChI is InChI=1S/C31H36ClN5O5.C9H12/c1-18(2)42-23-7-4-19(5-8-23)31(41)37-15-21-14-36(17-26(25(21)16-37)30(40)35-13-28(38)33-3)29(39)10-20-12-34-27-11-22(32)6-9-24(20)27;1-2-6-9-7-4-3-5-8-9/h4-9,11-12,18,21,25-26,34H,10,13-17H2,1-3H3,(H,33,38)(H,35,40);3-5,7-8H,2,6H2,1H3. The minimum Gasteiger partial charge on any atom is -0.491 e. The van der Waals surface area contributed by atoms with Gasteiger partial charge in [-0.2, -0.15) is 0 Å². The lowest BCUT2D eigenvalue weighted by atomic mass is 9.79. The number of aryl methyl sites for hydroxylation is 1. The Morgan fingerprint density at radius 3 is 2.35 bits per heavy atom. The first-order valence-corrected chi connectivity index (χ1v) is 18.1. The lowest BCUT2D eigenvalue weighted by molar-refractivity contribution is -0.139. The Balaban J connectivity index is 0.000000488. The number of carbonyl (C=O) groups is 4. The third-order valence-electron chi connectivity index (χ3n) is 9.48. The molecule has 6 rings (SSSR count). The van der Waals surface area contributed by atoms with E-state index in [0.29, 0.717) is 36.0 Å². The number of benzene rings is 3. The van der Waals surface area contributed by atoms with Gasteiger partial charge in [0.15, 0.2) is 0 Å². The summed E-state index contributed by atoms with van der Waals surface area (Å²) in [4.78, 5) is 58.9. The van der Waals surface area contributed by atoms with Crippen LogP contribution in [0.3, 0.4) is 0 Å². The Morgan fingerprint density at radius 1 is 0.941 bits per heavy atom. The highest BCUT2D eigenvalue weighted by Gasteiger charge is 2.47. The number of H-pyrrole nitrogens is 1. The highest BCUT2D eigenvalue weighted by atomic mass is 35.5. The first kappa shape index (κ1) is 37.4. The second-order valence-electron chi connectivity index (χ2n) is 13.5. The summed E-state index contributed by atoms with van der Waals surface area (Å²) in [5.41, 5.74) is 3.68. The number of hydrogen-bond acceptors (Lipinski definition) is 5. The number of aromatic amines is 1. The largest absolute Gasteiger partial charge is 0.491 e. The molecule has 4 aromatic rings. The fourth-order valence-corrected chi connectivity index (χ4v) is 7.13. The van der Waals surface area contributed by atoms with Crippen molar-refractivity contribution in [1.29, 1.82) is 0 Å². The fourth-order valence-electron chi connectivity index (χ4n) is 6.95. The zero-order chi connectivity index (χ0) is 36.5. The molecule has 0 saturated carbocycles. The van der Waals surface area contributed by atoms with Gasteiger partial charge in [-0.25, -0.2) is 0 Å². The van der Waals surface area contributed by atoms with Crippen molar-refractivity contribution in [3.8, 4) is 5.75 Å². The van der Waals surface area contributed by atoms with Crippen LogP contribution < -0.4 is 15.4 Å². The number of halogens is 1. The normalized spacial score (nSPS) is 18.1. The predicted molar refractivity (Wildman–Crippen MR) is 200 cm³/mol. The maximum absolute atomic E-state index is 13.6. The van der Waals surface area contributed by atoms with E-state index in [1.807, 2.05) is 32.2 Å². The first-order chi connectivity index (χ1) is 24.6. The highest BCUT2D eigenvalue weighted by molar-refractivity contribution is 6.31. The number of rotatable bonds is 10. The van der Waals surface area contributed by atoms with Crippen molar-refractivity contribution in [1.82, 2.24) is 25.4 Å². The quantitative estimate of drug-likeness (QED) is 0.200. The van der Waals surface area contributed by atoms with Crippen LogP contribution in [0, 0.1) is 17.8 Å². The van der Waals surface area contributed by atoms with Gasteiger partial charge in [-0.15, -0.1) is 0 Å². The number of nitrogens with one attached hydrogen (secondary N) is 3. The second-order valence-corrected chi connectivity index (χ2v) is 14.0. The van der Waals surface area contributed by atoms with E-state index in [4.69, 9.17) is 16.3 Å². The molecule has 3 atom stereocenters. The molecule has 270 valence electrons. The minimum atomic E-state index is -0.557. The third-order valence-corrected chi connectivity index (χ3v) is 9.72. The van der Waals surface area contributed by atoms with Crippen molar-refractivity contribution in [2.45, 2.75) is 46.1 Å². The molecule has 4 amide bonds. The summed E-state index contributed by atoms with van der Waals surface area (Å²) < 4.78 is 5.70. The summed E-state index contributed by atoms with van der Waals surface area (Å²) in [5, 5.41) is 6.75. The Labute approximate surface area is 304 Å². The maximum atomic E-state index is 13.6. The topological polar surface area (TPSA) is 124 Å². The van der Waals surface area contributed by atoms with Crippen LogP contribution in [0.1, 0.15) is 48.7 Å². The van der Waals surface area contributed by atoms with E-state index >= 15 is 0 Å². The Bertz CT molecular complexity index is 1810. The molecule has 3 unspecified atom stereocenters. The average Bonchev–Trinajstić information content (AvgIpc) is 3.74. The molecule has 2 aliphatic rings. The molecule has 10 nitrogen and oxygen atoms in total. The van der Waals surface area contributed by atoms with Gasteiger partial charge in [-0.05, 0) is 79.6 Å².